The van der Waals surface area contributed by atoms with Gasteiger partial charge in [-0.1, -0.05) is 11.6 Å². The number of nitrogens with zero attached hydrogens (tertiary/aromatic N) is 1. The molecule has 1 aromatic rings. The topological polar surface area (TPSA) is 55.2 Å². The molecule has 0 atom stereocenters. The molecule has 8 heteroatoms. The number of benzene rings is 1. The number of nitro groups is 1. The van der Waals surface area contributed by atoms with E-state index >= 15 is 0 Å². The highest BCUT2D eigenvalue weighted by Crippen LogP contribution is 2.23. The van der Waals surface area contributed by atoms with Crippen LogP contribution < -0.4 is 5.32 Å². The van der Waals surface area contributed by atoms with Crippen LogP contribution in [0.25, 0.3) is 0 Å². The summed E-state index contributed by atoms with van der Waals surface area (Å²) in [5.74, 6) is 0. The molecule has 0 heterocycles. The number of nitrogens with one attached hydrogen (secondary N) is 1. The molecule has 0 saturated carbocycles. The number of rotatable bonds is 5. The molecule has 0 saturated heterocycles. The number of halogens is 4. The first kappa shape index (κ1) is 14.7. The summed E-state index contributed by atoms with van der Waals surface area (Å²) in [5, 5.41) is 13.5. The fourth-order valence-corrected chi connectivity index (χ4v) is 1.52. The summed E-state index contributed by atoms with van der Waals surface area (Å²) < 4.78 is 35.7. The highest BCUT2D eigenvalue weighted by molar-refractivity contribution is 6.30. The SMILES string of the molecule is O=[N+]([O-])c1ccc(Cl)cc1CNCCC(F)(F)F. The van der Waals surface area contributed by atoms with Gasteiger partial charge in [0, 0.05) is 29.7 Å². The van der Waals surface area contributed by atoms with Gasteiger partial charge in [-0.05, 0) is 12.1 Å². The van der Waals surface area contributed by atoms with E-state index in [2.05, 4.69) is 5.32 Å². The molecule has 1 rings (SSSR count). The molecule has 0 aliphatic carbocycles. The molecule has 0 radical (unpaired) electrons. The van der Waals surface area contributed by atoms with Crippen molar-refractivity contribution in [3.05, 3.63) is 38.9 Å². The van der Waals surface area contributed by atoms with Gasteiger partial charge in [-0.3, -0.25) is 10.1 Å². The average molecular weight is 283 g/mol. The Morgan fingerprint density at radius 3 is 2.61 bits per heavy atom. The van der Waals surface area contributed by atoms with E-state index in [-0.39, 0.29) is 24.3 Å². The van der Waals surface area contributed by atoms with Crippen LogP contribution in [0.3, 0.4) is 0 Å². The predicted molar refractivity (Wildman–Crippen MR) is 60.5 cm³/mol. The van der Waals surface area contributed by atoms with Crippen LogP contribution in [0.4, 0.5) is 18.9 Å². The van der Waals surface area contributed by atoms with Gasteiger partial charge in [-0.2, -0.15) is 13.2 Å². The van der Waals surface area contributed by atoms with E-state index in [9.17, 15) is 23.3 Å². The van der Waals surface area contributed by atoms with Crippen LogP contribution in [0, 0.1) is 10.1 Å². The Balaban J connectivity index is 2.61. The maximum Gasteiger partial charge on any atom is 0.390 e. The second-order valence-electron chi connectivity index (χ2n) is 3.57. The second-order valence-corrected chi connectivity index (χ2v) is 4.01. The first-order valence-electron chi connectivity index (χ1n) is 5.00. The molecule has 100 valence electrons. The van der Waals surface area contributed by atoms with E-state index in [1.165, 1.54) is 18.2 Å². The van der Waals surface area contributed by atoms with Gasteiger partial charge in [0.25, 0.3) is 5.69 Å². The van der Waals surface area contributed by atoms with Crippen LogP contribution in [-0.2, 0) is 6.54 Å². The third kappa shape index (κ3) is 4.89. The molecule has 0 bridgehead atoms. The lowest BCUT2D eigenvalue weighted by molar-refractivity contribution is -0.385. The monoisotopic (exact) mass is 282 g/mol. The Morgan fingerprint density at radius 2 is 2.06 bits per heavy atom. The highest BCUT2D eigenvalue weighted by Gasteiger charge is 2.26. The molecular formula is C10H10ClF3N2O2. The fourth-order valence-electron chi connectivity index (χ4n) is 1.33. The van der Waals surface area contributed by atoms with Crippen LogP contribution >= 0.6 is 11.6 Å². The third-order valence-electron chi connectivity index (χ3n) is 2.14. The summed E-state index contributed by atoms with van der Waals surface area (Å²) in [6.45, 7) is -0.333. The smallest absolute Gasteiger partial charge is 0.312 e. The van der Waals surface area contributed by atoms with Crippen LogP contribution in [0.15, 0.2) is 18.2 Å². The molecule has 0 amide bonds. The standard InChI is InChI=1S/C10H10ClF3N2O2/c11-8-1-2-9(16(17)18)7(5-8)6-15-4-3-10(12,13)14/h1-2,5,15H,3-4,6H2. The van der Waals surface area contributed by atoms with E-state index < -0.39 is 17.5 Å². The van der Waals surface area contributed by atoms with Gasteiger partial charge < -0.3 is 5.32 Å². The average Bonchev–Trinajstić information content (AvgIpc) is 2.22. The van der Waals surface area contributed by atoms with Gasteiger partial charge in [-0.15, -0.1) is 0 Å². The zero-order valence-electron chi connectivity index (χ0n) is 9.13. The van der Waals surface area contributed by atoms with Crippen molar-refractivity contribution in [2.75, 3.05) is 6.54 Å². The number of hydrogen-bond acceptors (Lipinski definition) is 3. The minimum Gasteiger partial charge on any atom is -0.312 e. The molecule has 0 aliphatic rings. The molecule has 0 aliphatic heterocycles. The van der Waals surface area contributed by atoms with Crippen LogP contribution in [0.5, 0.6) is 0 Å². The quantitative estimate of drug-likeness (QED) is 0.512. The summed E-state index contributed by atoms with van der Waals surface area (Å²) in [6.07, 6.45) is -5.23. The third-order valence-corrected chi connectivity index (χ3v) is 2.37. The Labute approximate surface area is 106 Å². The van der Waals surface area contributed by atoms with Gasteiger partial charge in [-0.25, -0.2) is 0 Å². The molecule has 0 aromatic heterocycles. The van der Waals surface area contributed by atoms with Crippen molar-refractivity contribution in [1.82, 2.24) is 5.32 Å². The number of alkyl halides is 3. The van der Waals surface area contributed by atoms with Crippen molar-refractivity contribution in [3.8, 4) is 0 Å². The van der Waals surface area contributed by atoms with Crippen molar-refractivity contribution < 1.29 is 18.1 Å². The van der Waals surface area contributed by atoms with Gasteiger partial charge in [0.05, 0.1) is 11.3 Å². The minimum absolute atomic E-state index is 0.0348. The molecule has 1 aromatic carbocycles. The molecule has 0 spiro atoms. The lowest BCUT2D eigenvalue weighted by Crippen LogP contribution is -2.21. The van der Waals surface area contributed by atoms with E-state index in [4.69, 9.17) is 11.6 Å². The van der Waals surface area contributed by atoms with Crippen molar-refractivity contribution in [3.63, 3.8) is 0 Å². The van der Waals surface area contributed by atoms with Crippen molar-refractivity contribution in [2.24, 2.45) is 0 Å². The van der Waals surface area contributed by atoms with Crippen molar-refractivity contribution >= 4 is 17.3 Å². The van der Waals surface area contributed by atoms with E-state index in [1.54, 1.807) is 0 Å². The second kappa shape index (κ2) is 6.01. The van der Waals surface area contributed by atoms with Crippen LogP contribution in [0.2, 0.25) is 5.02 Å². The molecule has 0 fully saturated rings. The summed E-state index contributed by atoms with van der Waals surface area (Å²) in [7, 11) is 0. The van der Waals surface area contributed by atoms with Crippen molar-refractivity contribution in [2.45, 2.75) is 19.1 Å². The van der Waals surface area contributed by atoms with E-state index in [1.807, 2.05) is 0 Å². The summed E-state index contributed by atoms with van der Waals surface area (Å²) in [6, 6.07) is 3.95. The zero-order chi connectivity index (χ0) is 13.8. The van der Waals surface area contributed by atoms with E-state index in [0.29, 0.717) is 5.02 Å². The molecule has 18 heavy (non-hydrogen) atoms. The fraction of sp³-hybridized carbons (Fsp3) is 0.400. The maximum absolute atomic E-state index is 11.9. The normalized spacial score (nSPS) is 11.6. The Hall–Kier alpha value is -1.34. The van der Waals surface area contributed by atoms with Gasteiger partial charge >= 0.3 is 6.18 Å². The molecular weight excluding hydrogens is 273 g/mol. The number of nitro benzene ring substituents is 1. The summed E-state index contributed by atoms with van der Waals surface area (Å²) in [5.41, 5.74) is 0.0913. The first-order valence-corrected chi connectivity index (χ1v) is 5.37. The first-order chi connectivity index (χ1) is 8.29. The van der Waals surface area contributed by atoms with Crippen LogP contribution in [0.1, 0.15) is 12.0 Å². The van der Waals surface area contributed by atoms with Crippen LogP contribution in [-0.4, -0.2) is 17.6 Å². The lowest BCUT2D eigenvalue weighted by Gasteiger charge is -2.08. The molecule has 0 unspecified atom stereocenters. The van der Waals surface area contributed by atoms with Gasteiger partial charge in [0.2, 0.25) is 0 Å². The van der Waals surface area contributed by atoms with Gasteiger partial charge in [0.1, 0.15) is 0 Å². The Morgan fingerprint density at radius 1 is 1.39 bits per heavy atom. The zero-order valence-corrected chi connectivity index (χ0v) is 9.88. The summed E-state index contributed by atoms with van der Waals surface area (Å²) >= 11 is 5.68. The Bertz CT molecular complexity index is 438. The number of hydrogen-bond donors (Lipinski definition) is 1. The van der Waals surface area contributed by atoms with Crippen molar-refractivity contribution in [1.29, 1.82) is 0 Å². The minimum atomic E-state index is -4.24. The van der Waals surface area contributed by atoms with Gasteiger partial charge in [0.15, 0.2) is 0 Å². The largest absolute Gasteiger partial charge is 0.390 e. The molecule has 4 nitrogen and oxygen atoms in total. The maximum atomic E-state index is 11.9. The highest BCUT2D eigenvalue weighted by atomic mass is 35.5. The Kier molecular flexibility index (Phi) is 4.92. The lowest BCUT2D eigenvalue weighted by atomic mass is 10.2. The van der Waals surface area contributed by atoms with E-state index in [0.717, 1.165) is 0 Å². The molecule has 1 N–H and O–H groups in total. The predicted octanol–water partition coefficient (Wildman–Crippen LogP) is 3.29. The summed E-state index contributed by atoms with van der Waals surface area (Å²) in [4.78, 5) is 10.1.